The normalized spacial score (nSPS) is 13.0. The summed E-state index contributed by atoms with van der Waals surface area (Å²) in [5, 5.41) is 37.5. The van der Waals surface area contributed by atoms with Gasteiger partial charge in [0.2, 0.25) is 5.91 Å². The van der Waals surface area contributed by atoms with E-state index in [1.165, 1.54) is 67.5 Å². The third-order valence-corrected chi connectivity index (χ3v) is 27.2. The molecular weight excluding hydrogens is 1870 g/mol. The zero-order valence-electron chi connectivity index (χ0n) is 82.3. The number of benzene rings is 12. The molecule has 0 radical (unpaired) electrons. The number of imidazole rings is 4. The summed E-state index contributed by atoms with van der Waals surface area (Å²) in [4.78, 5) is 70.4. The van der Waals surface area contributed by atoms with E-state index in [4.69, 9.17) is 19.9 Å². The SMILES string of the molecule is CC(C)(C)CC(=O)Nc1cncc(-c2ccc3[nH]nc(-c4nc5c(-c6ccccc6F)cccc5[nH]4)c3c2)c1.CN(C)Cc1cncc(-c2ccc3[nH]nc(-c4nc5c(-c6ccccc6F)cccc5[nH]4)c3c2)c1.Fc1ccccc1-c1cccc2[nH]c(-c3n[nH]c4ccc(-c5cncc(CN6CCCC6)c5)cc34)nc12.Fc1ccccc1-c1cccc2[nH]c(-c3n[nH]c4ccc(-c5cncc(CN6CCCCC6)c5)cc34)nc12. The van der Waals surface area contributed by atoms with E-state index in [9.17, 15) is 22.4 Å². The van der Waals surface area contributed by atoms with Gasteiger partial charge in [0.05, 0.1) is 78.1 Å². The molecule has 0 atom stereocenters. The van der Waals surface area contributed by atoms with Crippen molar-refractivity contribution in [1.82, 2.24) is 115 Å². The Morgan fingerprint density at radius 3 is 0.919 bits per heavy atom. The Bertz CT molecular complexity index is 9120. The first-order valence-corrected chi connectivity index (χ1v) is 49.8. The van der Waals surface area contributed by atoms with Gasteiger partial charge in [-0.2, -0.15) is 20.4 Å². The summed E-state index contributed by atoms with van der Waals surface area (Å²) < 4.78 is 58.3. The molecule has 149 heavy (non-hydrogen) atoms. The highest BCUT2D eigenvalue weighted by Crippen LogP contribution is 2.42. The lowest BCUT2D eigenvalue weighted by Crippen LogP contribution is -2.29. The van der Waals surface area contributed by atoms with Crippen LogP contribution in [-0.4, -0.2) is 161 Å². The summed E-state index contributed by atoms with van der Waals surface area (Å²) in [6, 6.07) is 83.2. The van der Waals surface area contributed by atoms with E-state index in [1.54, 1.807) is 60.9 Å². The molecule has 2 aliphatic heterocycles. The molecule has 14 heterocycles. The van der Waals surface area contributed by atoms with Crippen LogP contribution in [0.5, 0.6) is 0 Å². The van der Waals surface area contributed by atoms with Crippen molar-refractivity contribution in [2.24, 2.45) is 5.41 Å². The number of aromatic nitrogens is 20. The second kappa shape index (κ2) is 40.9. The first-order chi connectivity index (χ1) is 72.8. The number of piperidine rings is 1. The zero-order valence-corrected chi connectivity index (χ0v) is 82.3. The Kier molecular flexibility index (Phi) is 26.0. The minimum atomic E-state index is -0.296. The molecule has 24 aromatic rings. The van der Waals surface area contributed by atoms with E-state index in [0.29, 0.717) is 85.5 Å². The zero-order chi connectivity index (χ0) is 101. The standard InChI is InChI=1S/C31H27FN6O.C31H27FN6.C30H25FN6.C28H23FN6/c1-31(2,3)15-27(39)34-20-13-19(16-33-17-20)18-11-12-25-23(14-18)29(38-37-25)30-35-26-10-6-8-22(28(26)36-30)21-7-4-5-9-24(21)32;32-26-9-3-2-7-23(26)24-8-6-10-28-29(24)35-31(34-28)30-25-16-21(11-12-27(25)36-37-30)22-15-20(17-33-18-22)19-38-13-4-1-5-14-38;31-25-8-2-1-6-22(25)23-7-5-9-27-28(23)34-30(33-27)29-24-15-20(10-11-26(24)35-36-29)21-14-19(16-32-17-21)18-37-12-3-4-13-37;1-35(2)16-17-12-19(15-30-14-17)18-10-11-24-22(13-18)27(34-33-24)28-31-25-9-5-7-21(26(25)32-28)20-6-3-4-8-23(20)29/h4-14,16-17H,15H2,1-3H3,(H,34,39)(H,35,36)(H,37,38);2-3,6-12,15-18H,1,4-5,13-14,19H2,(H,34,35)(H,36,37);1-2,5-11,14-17H,3-4,12-13,18H2,(H,33,34)(H,35,36);3-15H,16H2,1-2H3,(H,31,32)(H,33,34). The molecule has 2 saturated heterocycles. The highest BCUT2D eigenvalue weighted by atomic mass is 19.1. The maximum atomic E-state index is 14.6. The maximum Gasteiger partial charge on any atom is 0.224 e. The fourth-order valence-electron chi connectivity index (χ4n) is 20.2. The third-order valence-electron chi connectivity index (χ3n) is 27.2. The van der Waals surface area contributed by atoms with E-state index in [0.717, 1.165) is 201 Å². The molecule has 12 aromatic heterocycles. The van der Waals surface area contributed by atoms with Crippen molar-refractivity contribution in [3.05, 3.63) is 356 Å². The molecule has 0 saturated carbocycles. The monoisotopic (exact) mass is 1970 g/mol. The summed E-state index contributed by atoms with van der Waals surface area (Å²) in [6.45, 7) is 13.4. The summed E-state index contributed by atoms with van der Waals surface area (Å²) >= 11 is 0. The van der Waals surface area contributed by atoms with E-state index >= 15 is 0 Å². The molecular formula is C120H102F4N24O. The summed E-state index contributed by atoms with van der Waals surface area (Å²) in [5.74, 6) is 1.34. The number of carbonyl (C=O) groups is 1. The van der Waals surface area contributed by atoms with Crippen molar-refractivity contribution in [2.75, 3.05) is 45.6 Å². The van der Waals surface area contributed by atoms with Crippen LogP contribution in [0.3, 0.4) is 0 Å². The fourth-order valence-corrected chi connectivity index (χ4v) is 20.2. The van der Waals surface area contributed by atoms with E-state index < -0.39 is 0 Å². The second-order valence-electron chi connectivity index (χ2n) is 39.4. The van der Waals surface area contributed by atoms with Crippen molar-refractivity contribution in [3.63, 3.8) is 0 Å². The highest BCUT2D eigenvalue weighted by Gasteiger charge is 2.27. The number of nitrogens with one attached hydrogen (secondary N) is 9. The maximum absolute atomic E-state index is 14.6. The van der Waals surface area contributed by atoms with Crippen LogP contribution in [-0.2, 0) is 24.4 Å². The number of nitrogens with zero attached hydrogens (tertiary/aromatic N) is 15. The van der Waals surface area contributed by atoms with Crippen molar-refractivity contribution in [2.45, 2.75) is 78.9 Å². The number of likely N-dealkylation sites (tertiary alicyclic amines) is 2. The molecule has 0 unspecified atom stereocenters. The topological polar surface area (TPSA) is 320 Å². The number of halogens is 4. The molecule has 1 amide bonds. The minimum absolute atomic E-state index is 0.0475. The van der Waals surface area contributed by atoms with Gasteiger partial charge in [-0.15, -0.1) is 0 Å². The second-order valence-corrected chi connectivity index (χ2v) is 39.4. The van der Waals surface area contributed by atoms with Crippen molar-refractivity contribution >= 4 is 99.3 Å². The average molecular weight is 1970 g/mol. The lowest BCUT2D eigenvalue weighted by atomic mass is 9.92. The Hall–Kier alpha value is -17.9. The molecule has 25 nitrogen and oxygen atoms in total. The molecule has 29 heteroatoms. The van der Waals surface area contributed by atoms with Crippen LogP contribution in [0, 0.1) is 28.7 Å². The molecule has 2 aliphatic rings. The molecule has 0 spiro atoms. The van der Waals surface area contributed by atoms with E-state index in [-0.39, 0.29) is 34.6 Å². The fraction of sp³-hybridized carbons (Fsp3) is 0.158. The van der Waals surface area contributed by atoms with Gasteiger partial charge in [0.15, 0.2) is 23.3 Å². The Morgan fingerprint density at radius 2 is 0.604 bits per heavy atom. The summed E-state index contributed by atoms with van der Waals surface area (Å²) in [7, 11) is 4.09. The average Bonchev–Trinajstić information content (AvgIpc) is 1.62. The smallest absolute Gasteiger partial charge is 0.224 e. The van der Waals surface area contributed by atoms with Gasteiger partial charge in [-0.1, -0.05) is 173 Å². The van der Waals surface area contributed by atoms with Gasteiger partial charge in [0, 0.05) is 158 Å². The first kappa shape index (κ1) is 94.6. The largest absolute Gasteiger partial charge is 0.337 e. The molecule has 2 fully saturated rings. The number of carbonyl (C=O) groups excluding carboxylic acids is 1. The Labute approximate surface area is 853 Å². The number of hydrogen-bond donors (Lipinski definition) is 9. The van der Waals surface area contributed by atoms with Gasteiger partial charge in [-0.05, 0) is 232 Å². The lowest BCUT2D eigenvalue weighted by molar-refractivity contribution is -0.117. The van der Waals surface area contributed by atoms with Crippen LogP contribution in [0.15, 0.2) is 316 Å². The molecule has 12 aromatic carbocycles. The molecule has 736 valence electrons. The number of aromatic amines is 8. The molecule has 26 rings (SSSR count). The van der Waals surface area contributed by atoms with Crippen molar-refractivity contribution in [3.8, 4) is 135 Å². The van der Waals surface area contributed by atoms with Crippen LogP contribution < -0.4 is 5.32 Å². The van der Waals surface area contributed by atoms with Gasteiger partial charge >= 0.3 is 0 Å². The van der Waals surface area contributed by atoms with Gasteiger partial charge in [-0.3, -0.25) is 54.9 Å². The van der Waals surface area contributed by atoms with Crippen LogP contribution in [0.2, 0.25) is 0 Å². The van der Waals surface area contributed by atoms with Crippen LogP contribution in [0.25, 0.3) is 223 Å². The van der Waals surface area contributed by atoms with Gasteiger partial charge in [0.1, 0.15) is 46.0 Å². The number of anilines is 1. The quantitative estimate of drug-likeness (QED) is 0.0320. The molecule has 0 bridgehead atoms. The summed E-state index contributed by atoms with van der Waals surface area (Å²) in [5.41, 5.74) is 30.0. The number of H-pyrrole nitrogens is 8. The number of fused-ring (bicyclic) bond motifs is 8. The number of rotatable bonds is 20. The minimum Gasteiger partial charge on any atom is -0.337 e. The first-order valence-electron chi connectivity index (χ1n) is 49.8. The van der Waals surface area contributed by atoms with E-state index in [2.05, 4.69) is 155 Å². The Balaban J connectivity index is 0.000000109. The van der Waals surface area contributed by atoms with Crippen LogP contribution in [0.1, 0.15) is 76.0 Å². The predicted octanol–water partition coefficient (Wildman–Crippen LogP) is 26.9. The third kappa shape index (κ3) is 20.1. The number of para-hydroxylation sites is 4. The highest BCUT2D eigenvalue weighted by molar-refractivity contribution is 6.04. The number of pyridine rings is 4. The van der Waals surface area contributed by atoms with Gasteiger partial charge < -0.3 is 30.2 Å². The van der Waals surface area contributed by atoms with Gasteiger partial charge in [0.25, 0.3) is 0 Å². The Morgan fingerprint density at radius 1 is 0.315 bits per heavy atom. The summed E-state index contributed by atoms with van der Waals surface area (Å²) in [6.07, 6.45) is 21.8. The number of amides is 1. The van der Waals surface area contributed by atoms with Crippen LogP contribution in [0.4, 0.5) is 23.2 Å². The number of hydrogen-bond acceptors (Lipinski definition) is 16. The molecule has 9 N–H and O–H groups in total. The van der Waals surface area contributed by atoms with Crippen molar-refractivity contribution < 1.29 is 22.4 Å². The van der Waals surface area contributed by atoms with Crippen molar-refractivity contribution in [1.29, 1.82) is 0 Å². The van der Waals surface area contributed by atoms with Gasteiger partial charge in [-0.25, -0.2) is 37.5 Å². The lowest BCUT2D eigenvalue weighted by Gasteiger charge is -2.26. The predicted molar refractivity (Wildman–Crippen MR) is 583 cm³/mol. The van der Waals surface area contributed by atoms with E-state index in [1.807, 2.05) is 212 Å². The van der Waals surface area contributed by atoms with Crippen LogP contribution >= 0.6 is 0 Å². The molecule has 0 aliphatic carbocycles.